The summed E-state index contributed by atoms with van der Waals surface area (Å²) in [7, 11) is 0. The molecule has 0 fully saturated rings. The summed E-state index contributed by atoms with van der Waals surface area (Å²) >= 11 is 0. The lowest BCUT2D eigenvalue weighted by Crippen LogP contribution is -1.94. The van der Waals surface area contributed by atoms with E-state index in [9.17, 15) is 0 Å². The zero-order chi connectivity index (χ0) is 15.1. The quantitative estimate of drug-likeness (QED) is 0.523. The predicted molar refractivity (Wildman–Crippen MR) is 93.6 cm³/mol. The molecule has 0 heterocycles. The summed E-state index contributed by atoms with van der Waals surface area (Å²) < 4.78 is 0. The average Bonchev–Trinajstić information content (AvgIpc) is 2.48. The second-order valence-electron chi connectivity index (χ2n) is 6.41. The van der Waals surface area contributed by atoms with Crippen LogP contribution >= 0.6 is 0 Å². The van der Waals surface area contributed by atoms with E-state index in [0.29, 0.717) is 0 Å². The Labute approximate surface area is 130 Å². The highest BCUT2D eigenvalue weighted by Gasteiger charge is 2.05. The molecule has 0 unspecified atom stereocenters. The van der Waals surface area contributed by atoms with Gasteiger partial charge in [0.1, 0.15) is 0 Å². The zero-order valence-electron chi connectivity index (χ0n) is 13.7. The molecule has 0 atom stereocenters. The normalized spacial score (nSPS) is 11.0. The number of hydrogen-bond donors (Lipinski definition) is 0. The maximum absolute atomic E-state index is 2.29. The summed E-state index contributed by atoms with van der Waals surface area (Å²) in [6.45, 7) is 6.81. The van der Waals surface area contributed by atoms with Gasteiger partial charge in [-0.15, -0.1) is 0 Å². The highest BCUT2D eigenvalue weighted by molar-refractivity contribution is 5.67. The van der Waals surface area contributed by atoms with Crippen molar-refractivity contribution in [3.8, 4) is 11.1 Å². The lowest BCUT2D eigenvalue weighted by molar-refractivity contribution is 0.647. The first kappa shape index (κ1) is 15.8. The van der Waals surface area contributed by atoms with E-state index >= 15 is 0 Å². The van der Waals surface area contributed by atoms with Crippen LogP contribution in [0.1, 0.15) is 51.2 Å². The van der Waals surface area contributed by atoms with E-state index in [1.807, 2.05) is 0 Å². The summed E-state index contributed by atoms with van der Waals surface area (Å²) in [6.07, 6.45) is 6.25. The van der Waals surface area contributed by atoms with Crippen molar-refractivity contribution in [3.63, 3.8) is 0 Å². The van der Waals surface area contributed by atoms with Gasteiger partial charge in [0.15, 0.2) is 0 Å². The summed E-state index contributed by atoms with van der Waals surface area (Å²) in [5.74, 6) is 0.720. The molecule has 0 spiro atoms. The third-order valence-electron chi connectivity index (χ3n) is 3.98. The highest BCUT2D eigenvalue weighted by Crippen LogP contribution is 2.26. The van der Waals surface area contributed by atoms with Crippen molar-refractivity contribution < 1.29 is 0 Å². The Morgan fingerprint density at radius 2 is 1.57 bits per heavy atom. The molecular formula is C21H28. The molecule has 0 N–H and O–H groups in total. The van der Waals surface area contributed by atoms with Gasteiger partial charge in [-0.1, -0.05) is 82.1 Å². The molecule has 0 aliphatic carbocycles. The van der Waals surface area contributed by atoms with Crippen molar-refractivity contribution in [2.75, 3.05) is 0 Å². The summed E-state index contributed by atoms with van der Waals surface area (Å²) in [4.78, 5) is 0. The van der Waals surface area contributed by atoms with Crippen LogP contribution in [0.4, 0.5) is 0 Å². The van der Waals surface area contributed by atoms with Crippen LogP contribution in [0.3, 0.4) is 0 Å². The summed E-state index contributed by atoms with van der Waals surface area (Å²) in [5.41, 5.74) is 5.69. The molecule has 0 nitrogen and oxygen atoms in total. The van der Waals surface area contributed by atoms with Crippen LogP contribution in [0, 0.1) is 5.92 Å². The van der Waals surface area contributed by atoms with Crippen molar-refractivity contribution in [2.45, 2.75) is 52.9 Å². The third-order valence-corrected chi connectivity index (χ3v) is 3.98. The van der Waals surface area contributed by atoms with Gasteiger partial charge in [-0.3, -0.25) is 0 Å². The van der Waals surface area contributed by atoms with Crippen molar-refractivity contribution in [1.29, 1.82) is 0 Å². The molecule has 2 rings (SSSR count). The smallest absolute Gasteiger partial charge is 0.0152 e. The van der Waals surface area contributed by atoms with Gasteiger partial charge in [0.05, 0.1) is 0 Å². The SMILES string of the molecule is CCCCCc1ccccc1-c1ccc(CC(C)C)cc1. The van der Waals surface area contributed by atoms with Crippen molar-refractivity contribution in [3.05, 3.63) is 59.7 Å². The second-order valence-corrected chi connectivity index (χ2v) is 6.41. The molecule has 0 aromatic heterocycles. The molecule has 0 radical (unpaired) electrons. The molecule has 0 aliphatic heterocycles. The first-order chi connectivity index (χ1) is 10.2. The van der Waals surface area contributed by atoms with E-state index in [1.165, 1.54) is 54.4 Å². The molecule has 0 aliphatic rings. The number of benzene rings is 2. The van der Waals surface area contributed by atoms with Crippen LogP contribution in [-0.2, 0) is 12.8 Å². The minimum atomic E-state index is 0.720. The van der Waals surface area contributed by atoms with Crippen LogP contribution in [0.15, 0.2) is 48.5 Å². The van der Waals surface area contributed by atoms with Crippen LogP contribution in [-0.4, -0.2) is 0 Å². The minimum absolute atomic E-state index is 0.720. The number of unbranched alkanes of at least 4 members (excludes halogenated alkanes) is 2. The van der Waals surface area contributed by atoms with Crippen molar-refractivity contribution in [2.24, 2.45) is 5.92 Å². The Morgan fingerprint density at radius 1 is 0.857 bits per heavy atom. The fourth-order valence-electron chi connectivity index (χ4n) is 2.88. The lowest BCUT2D eigenvalue weighted by Gasteiger charge is -2.11. The van der Waals surface area contributed by atoms with E-state index < -0.39 is 0 Å². The van der Waals surface area contributed by atoms with E-state index in [0.717, 1.165) is 5.92 Å². The van der Waals surface area contributed by atoms with E-state index in [1.54, 1.807) is 0 Å². The van der Waals surface area contributed by atoms with Gasteiger partial charge in [-0.25, -0.2) is 0 Å². The number of rotatable bonds is 7. The lowest BCUT2D eigenvalue weighted by atomic mass is 9.94. The maximum atomic E-state index is 2.29. The minimum Gasteiger partial charge on any atom is -0.0654 e. The van der Waals surface area contributed by atoms with Gasteiger partial charge in [0, 0.05) is 0 Å². The van der Waals surface area contributed by atoms with Gasteiger partial charge >= 0.3 is 0 Å². The topological polar surface area (TPSA) is 0 Å². The van der Waals surface area contributed by atoms with Crippen LogP contribution in [0.2, 0.25) is 0 Å². The number of hydrogen-bond acceptors (Lipinski definition) is 0. The van der Waals surface area contributed by atoms with Crippen LogP contribution < -0.4 is 0 Å². The standard InChI is InChI=1S/C21H28/c1-4-5-6-9-19-10-7-8-11-21(19)20-14-12-18(13-15-20)16-17(2)3/h7-8,10-15,17H,4-6,9,16H2,1-3H3. The maximum Gasteiger partial charge on any atom is -0.0152 e. The molecule has 0 amide bonds. The highest BCUT2D eigenvalue weighted by atomic mass is 14.1. The fraction of sp³-hybridized carbons (Fsp3) is 0.429. The van der Waals surface area contributed by atoms with Crippen LogP contribution in [0.25, 0.3) is 11.1 Å². The Hall–Kier alpha value is -1.56. The molecule has 0 saturated heterocycles. The largest absolute Gasteiger partial charge is 0.0654 e. The van der Waals surface area contributed by atoms with Crippen molar-refractivity contribution >= 4 is 0 Å². The van der Waals surface area contributed by atoms with Crippen molar-refractivity contribution in [1.82, 2.24) is 0 Å². The predicted octanol–water partition coefficient (Wildman–Crippen LogP) is 6.28. The molecule has 0 saturated carbocycles. The molecule has 2 aromatic carbocycles. The molecule has 0 heteroatoms. The van der Waals surface area contributed by atoms with Crippen LogP contribution in [0.5, 0.6) is 0 Å². The van der Waals surface area contributed by atoms with Gasteiger partial charge in [-0.2, -0.15) is 0 Å². The molecular weight excluding hydrogens is 252 g/mol. The van der Waals surface area contributed by atoms with Gasteiger partial charge < -0.3 is 0 Å². The van der Waals surface area contributed by atoms with Gasteiger partial charge in [0.25, 0.3) is 0 Å². The third kappa shape index (κ3) is 4.74. The first-order valence-electron chi connectivity index (χ1n) is 8.38. The number of aryl methyl sites for hydroxylation is 1. The van der Waals surface area contributed by atoms with Gasteiger partial charge in [-0.05, 0) is 47.4 Å². The fourth-order valence-corrected chi connectivity index (χ4v) is 2.88. The molecule has 0 bridgehead atoms. The Bertz CT molecular complexity index is 534. The average molecular weight is 280 g/mol. The molecule has 112 valence electrons. The second kappa shape index (κ2) is 8.02. The van der Waals surface area contributed by atoms with E-state index in [2.05, 4.69) is 69.3 Å². The molecule has 2 aromatic rings. The molecule has 21 heavy (non-hydrogen) atoms. The Kier molecular flexibility index (Phi) is 6.04. The Balaban J connectivity index is 2.17. The monoisotopic (exact) mass is 280 g/mol. The van der Waals surface area contributed by atoms with E-state index in [-0.39, 0.29) is 0 Å². The first-order valence-corrected chi connectivity index (χ1v) is 8.38. The van der Waals surface area contributed by atoms with E-state index in [4.69, 9.17) is 0 Å². The summed E-state index contributed by atoms with van der Waals surface area (Å²) in [5, 5.41) is 0. The summed E-state index contributed by atoms with van der Waals surface area (Å²) in [6, 6.07) is 18.0. The zero-order valence-corrected chi connectivity index (χ0v) is 13.7. The Morgan fingerprint density at radius 3 is 2.24 bits per heavy atom. The van der Waals surface area contributed by atoms with Gasteiger partial charge in [0.2, 0.25) is 0 Å².